The van der Waals surface area contributed by atoms with Crippen LogP contribution in [-0.2, 0) is 4.74 Å². The van der Waals surface area contributed by atoms with E-state index in [-0.39, 0.29) is 23.0 Å². The van der Waals surface area contributed by atoms with Crippen LogP contribution in [0.15, 0.2) is 42.6 Å². The Labute approximate surface area is 183 Å². The van der Waals surface area contributed by atoms with E-state index in [1.807, 2.05) is 0 Å². The van der Waals surface area contributed by atoms with Gasteiger partial charge in [0, 0.05) is 36.8 Å². The average molecular weight is 440 g/mol. The van der Waals surface area contributed by atoms with Crippen molar-refractivity contribution in [2.24, 2.45) is 0 Å². The summed E-state index contributed by atoms with van der Waals surface area (Å²) in [5, 5.41) is 3.16. The zero-order chi connectivity index (χ0) is 22.7. The van der Waals surface area contributed by atoms with Crippen LogP contribution in [0.4, 0.5) is 14.6 Å². The number of halogens is 2. The van der Waals surface area contributed by atoms with E-state index >= 15 is 0 Å². The van der Waals surface area contributed by atoms with Crippen molar-refractivity contribution in [3.63, 3.8) is 0 Å². The number of methoxy groups -OCH3 is 1. The molecule has 2 aromatic carbocycles. The first-order chi connectivity index (χ1) is 15.5. The summed E-state index contributed by atoms with van der Waals surface area (Å²) in [5.74, 6) is -2.21. The van der Waals surface area contributed by atoms with Crippen LogP contribution in [0, 0.1) is 11.6 Å². The minimum Gasteiger partial charge on any atom is -0.465 e. The number of anilines is 1. The zero-order valence-electron chi connectivity index (χ0n) is 17.5. The van der Waals surface area contributed by atoms with Gasteiger partial charge >= 0.3 is 5.97 Å². The minimum absolute atomic E-state index is 0.0968. The van der Waals surface area contributed by atoms with Gasteiger partial charge in [0.15, 0.2) is 11.6 Å². The van der Waals surface area contributed by atoms with Crippen LogP contribution in [0.25, 0.3) is 11.0 Å². The first kappa shape index (κ1) is 21.6. The lowest BCUT2D eigenvalue weighted by Gasteiger charge is -2.36. The molecule has 1 fully saturated rings. The second-order valence-corrected chi connectivity index (χ2v) is 7.61. The van der Waals surface area contributed by atoms with Crippen molar-refractivity contribution in [1.82, 2.24) is 14.9 Å². The molecule has 4 rings (SSSR count). The molecule has 166 valence electrons. The Hall–Kier alpha value is -3.62. The zero-order valence-corrected chi connectivity index (χ0v) is 17.5. The van der Waals surface area contributed by atoms with E-state index < -0.39 is 17.6 Å². The number of fused-ring (bicyclic) bond motifs is 1. The number of esters is 1. The summed E-state index contributed by atoms with van der Waals surface area (Å²) in [5.41, 5.74) is 1.24. The molecule has 7 nitrogen and oxygen atoms in total. The Kier molecular flexibility index (Phi) is 6.25. The van der Waals surface area contributed by atoms with Crippen LogP contribution in [-0.4, -0.2) is 53.0 Å². The number of nitrogens with zero attached hydrogens (tertiary/aromatic N) is 3. The Balaban J connectivity index is 1.49. The highest BCUT2D eigenvalue weighted by Crippen LogP contribution is 2.22. The second kappa shape index (κ2) is 9.25. The molecule has 1 aliphatic rings. The van der Waals surface area contributed by atoms with Gasteiger partial charge in [-0.3, -0.25) is 9.78 Å². The van der Waals surface area contributed by atoms with Crippen LogP contribution in [0.5, 0.6) is 0 Å². The lowest BCUT2D eigenvalue weighted by Crippen LogP contribution is -2.47. The van der Waals surface area contributed by atoms with Crippen molar-refractivity contribution in [3.8, 4) is 0 Å². The third kappa shape index (κ3) is 4.51. The smallest absolute Gasteiger partial charge is 0.337 e. The van der Waals surface area contributed by atoms with Gasteiger partial charge in [-0.25, -0.2) is 18.6 Å². The maximum atomic E-state index is 13.5. The molecule has 0 saturated carbocycles. The summed E-state index contributed by atoms with van der Waals surface area (Å²) < 4.78 is 31.6. The predicted octanol–water partition coefficient (Wildman–Crippen LogP) is 3.80. The maximum Gasteiger partial charge on any atom is 0.337 e. The highest BCUT2D eigenvalue weighted by atomic mass is 19.2. The van der Waals surface area contributed by atoms with Crippen LogP contribution in [0.3, 0.4) is 0 Å². The third-order valence-electron chi connectivity index (χ3n) is 5.52. The van der Waals surface area contributed by atoms with Crippen molar-refractivity contribution < 1.29 is 23.1 Å². The number of nitrogens with one attached hydrogen (secondary N) is 1. The van der Waals surface area contributed by atoms with E-state index in [0.29, 0.717) is 30.0 Å². The summed E-state index contributed by atoms with van der Waals surface area (Å²) in [6, 6.07) is 8.39. The highest BCUT2D eigenvalue weighted by Gasteiger charge is 2.28. The van der Waals surface area contributed by atoms with Crippen molar-refractivity contribution in [2.45, 2.75) is 25.3 Å². The molecular formula is C23H22F2N4O3. The average Bonchev–Trinajstić information content (AvgIpc) is 2.82. The number of piperidine rings is 1. The first-order valence-electron chi connectivity index (χ1n) is 10.3. The molecule has 1 amide bonds. The molecule has 0 spiro atoms. The van der Waals surface area contributed by atoms with Gasteiger partial charge in [0.05, 0.1) is 29.9 Å². The molecule has 0 aliphatic carbocycles. The van der Waals surface area contributed by atoms with E-state index in [0.717, 1.165) is 31.4 Å². The molecule has 1 N–H and O–H groups in total. The van der Waals surface area contributed by atoms with Crippen molar-refractivity contribution in [3.05, 3.63) is 65.4 Å². The van der Waals surface area contributed by atoms with Gasteiger partial charge in [-0.1, -0.05) is 6.07 Å². The number of carbonyl (C=O) groups excluding carboxylic acids is 2. The number of amides is 1. The number of hydrogen-bond donors (Lipinski definition) is 1. The molecule has 0 bridgehead atoms. The predicted molar refractivity (Wildman–Crippen MR) is 114 cm³/mol. The van der Waals surface area contributed by atoms with Crippen LogP contribution in [0.2, 0.25) is 0 Å². The molecule has 2 heterocycles. The molecule has 0 radical (unpaired) electrons. The van der Waals surface area contributed by atoms with Crippen molar-refractivity contribution >= 4 is 28.7 Å². The van der Waals surface area contributed by atoms with Crippen molar-refractivity contribution in [2.75, 3.05) is 25.5 Å². The second-order valence-electron chi connectivity index (χ2n) is 7.61. The van der Waals surface area contributed by atoms with Gasteiger partial charge in [-0.15, -0.1) is 0 Å². The van der Waals surface area contributed by atoms with Gasteiger partial charge in [0.25, 0.3) is 5.91 Å². The molecule has 32 heavy (non-hydrogen) atoms. The Morgan fingerprint density at radius 3 is 2.66 bits per heavy atom. The van der Waals surface area contributed by atoms with E-state index in [9.17, 15) is 18.4 Å². The first-order valence-corrected chi connectivity index (χ1v) is 10.3. The number of aromatic nitrogens is 2. The molecule has 0 unspecified atom stereocenters. The van der Waals surface area contributed by atoms with E-state index in [2.05, 4.69) is 15.3 Å². The number of ether oxygens (including phenoxy) is 1. The summed E-state index contributed by atoms with van der Waals surface area (Å²) in [6.07, 6.45) is 4.12. The molecule has 1 atom stereocenters. The fourth-order valence-corrected chi connectivity index (χ4v) is 3.86. The lowest BCUT2D eigenvalue weighted by molar-refractivity contribution is 0.0600. The SMILES string of the molecule is COC(=O)c1cccc(C(=O)N2CCCC[C@H]2CNc2cnc3cc(F)c(F)cc3n2)c1. The topological polar surface area (TPSA) is 84.4 Å². The molecule has 9 heteroatoms. The summed E-state index contributed by atoms with van der Waals surface area (Å²) in [7, 11) is 1.30. The lowest BCUT2D eigenvalue weighted by atomic mass is 10.00. The van der Waals surface area contributed by atoms with Crippen LogP contribution < -0.4 is 5.32 Å². The number of benzene rings is 2. The number of carbonyl (C=O) groups is 2. The number of hydrogen-bond acceptors (Lipinski definition) is 6. The molecule has 1 aromatic heterocycles. The molecule has 3 aromatic rings. The fraction of sp³-hybridized carbons (Fsp3) is 0.304. The summed E-state index contributed by atoms with van der Waals surface area (Å²) in [6.45, 7) is 1.02. The Morgan fingerprint density at radius 1 is 1.12 bits per heavy atom. The summed E-state index contributed by atoms with van der Waals surface area (Å²) in [4.78, 5) is 35.2. The van der Waals surface area contributed by atoms with Gasteiger partial charge in [0.2, 0.25) is 0 Å². The van der Waals surface area contributed by atoms with Gasteiger partial charge < -0.3 is 15.0 Å². The standard InChI is InChI=1S/C23H22F2N4O3/c1-32-23(31)15-6-4-5-14(9-15)22(30)29-8-3-2-7-16(29)12-27-21-13-26-19-10-17(24)18(25)11-20(19)28-21/h4-6,9-11,13,16H,2-3,7-8,12H2,1H3,(H,27,28)/t16-/m0/s1. The fourth-order valence-electron chi connectivity index (χ4n) is 3.86. The summed E-state index contributed by atoms with van der Waals surface area (Å²) >= 11 is 0. The van der Waals surface area contributed by atoms with Gasteiger partial charge in [0.1, 0.15) is 5.82 Å². The highest BCUT2D eigenvalue weighted by molar-refractivity contribution is 5.98. The normalized spacial score (nSPS) is 16.1. The largest absolute Gasteiger partial charge is 0.465 e. The Bertz CT molecular complexity index is 1170. The third-order valence-corrected chi connectivity index (χ3v) is 5.52. The van der Waals surface area contributed by atoms with Crippen LogP contribution >= 0.6 is 0 Å². The van der Waals surface area contributed by atoms with Crippen molar-refractivity contribution in [1.29, 1.82) is 0 Å². The monoisotopic (exact) mass is 440 g/mol. The van der Waals surface area contributed by atoms with Gasteiger partial charge in [-0.05, 0) is 37.5 Å². The Morgan fingerprint density at radius 2 is 1.88 bits per heavy atom. The quantitative estimate of drug-likeness (QED) is 0.608. The number of likely N-dealkylation sites (tertiary alicyclic amines) is 1. The molecule has 1 saturated heterocycles. The minimum atomic E-state index is -0.984. The maximum absolute atomic E-state index is 13.5. The molecular weight excluding hydrogens is 418 g/mol. The molecule has 1 aliphatic heterocycles. The van der Waals surface area contributed by atoms with E-state index in [4.69, 9.17) is 4.74 Å². The van der Waals surface area contributed by atoms with Gasteiger partial charge in [-0.2, -0.15) is 0 Å². The number of rotatable bonds is 5. The van der Waals surface area contributed by atoms with E-state index in [1.54, 1.807) is 23.1 Å². The van der Waals surface area contributed by atoms with E-state index in [1.165, 1.54) is 19.4 Å². The van der Waals surface area contributed by atoms with Crippen LogP contribution in [0.1, 0.15) is 40.0 Å².